The molecule has 0 spiro atoms. The van der Waals surface area contributed by atoms with Crippen LogP contribution in [0.2, 0.25) is 0 Å². The van der Waals surface area contributed by atoms with Crippen LogP contribution in [0.1, 0.15) is 90.4 Å². The minimum Gasteiger partial charge on any atom is -0.381 e. The van der Waals surface area contributed by atoms with Gasteiger partial charge in [-0.05, 0) is 60.7 Å². The largest absolute Gasteiger partial charge is 0.381 e. The predicted octanol–water partition coefficient (Wildman–Crippen LogP) is 6.46. The first kappa shape index (κ1) is 17.4. The highest BCUT2D eigenvalue weighted by atomic mass is 16.5. The predicted molar refractivity (Wildman–Crippen MR) is 101 cm³/mol. The average molecular weight is 333 g/mol. The van der Waals surface area contributed by atoms with E-state index in [9.17, 15) is 0 Å². The van der Waals surface area contributed by atoms with Gasteiger partial charge in [-0.2, -0.15) is 0 Å². The molecule has 0 saturated heterocycles. The topological polar surface area (TPSA) is 9.23 Å². The molecule has 4 fully saturated rings. The molecule has 0 radical (unpaired) electrons. The van der Waals surface area contributed by atoms with Crippen molar-refractivity contribution in [2.24, 2.45) is 41.4 Å². The summed E-state index contributed by atoms with van der Waals surface area (Å²) in [5.74, 6) is 6.73. The second-order valence-electron chi connectivity index (χ2n) is 9.97. The second kappa shape index (κ2) is 7.68. The van der Waals surface area contributed by atoms with Crippen LogP contribution in [0.4, 0.5) is 0 Å². The van der Waals surface area contributed by atoms with Gasteiger partial charge in [-0.25, -0.2) is 0 Å². The van der Waals surface area contributed by atoms with Gasteiger partial charge in [0.1, 0.15) is 0 Å². The normalized spacial score (nSPS) is 45.2. The van der Waals surface area contributed by atoms with Crippen LogP contribution < -0.4 is 0 Å². The minimum absolute atomic E-state index is 0.586. The lowest BCUT2D eigenvalue weighted by Crippen LogP contribution is -2.49. The number of rotatable bonds is 3. The second-order valence-corrected chi connectivity index (χ2v) is 9.97. The number of ether oxygens (including phenoxy) is 1. The molecule has 24 heavy (non-hydrogen) atoms. The molecule has 0 bridgehead atoms. The van der Waals surface area contributed by atoms with Gasteiger partial charge in [0, 0.05) is 7.11 Å². The van der Waals surface area contributed by atoms with Gasteiger partial charge in [-0.1, -0.05) is 71.1 Å². The molecule has 4 aliphatic rings. The Kier molecular flexibility index (Phi) is 5.56. The van der Waals surface area contributed by atoms with E-state index in [1.807, 2.05) is 0 Å². The van der Waals surface area contributed by atoms with Crippen molar-refractivity contribution in [1.29, 1.82) is 0 Å². The van der Waals surface area contributed by atoms with E-state index in [2.05, 4.69) is 14.0 Å². The molecule has 0 aromatic rings. The van der Waals surface area contributed by atoms with E-state index < -0.39 is 0 Å². The number of hydrogen-bond acceptors (Lipinski definition) is 1. The molecule has 1 heteroatoms. The van der Waals surface area contributed by atoms with Gasteiger partial charge in [-0.3, -0.25) is 0 Å². The smallest absolute Gasteiger partial charge is 0.0635 e. The lowest BCUT2D eigenvalue weighted by atomic mass is 9.57. The first-order valence-electron chi connectivity index (χ1n) is 11.3. The lowest BCUT2D eigenvalue weighted by molar-refractivity contribution is -0.108. The Morgan fingerprint density at radius 1 is 0.625 bits per heavy atom. The van der Waals surface area contributed by atoms with E-state index in [4.69, 9.17) is 4.74 Å². The summed E-state index contributed by atoms with van der Waals surface area (Å²) in [6.45, 7) is 2.52. The van der Waals surface area contributed by atoms with Crippen molar-refractivity contribution >= 4 is 0 Å². The Hall–Kier alpha value is -0.0400. The zero-order valence-corrected chi connectivity index (χ0v) is 16.2. The summed E-state index contributed by atoms with van der Waals surface area (Å²) >= 11 is 0. The van der Waals surface area contributed by atoms with E-state index in [-0.39, 0.29) is 0 Å². The van der Waals surface area contributed by atoms with E-state index in [0.717, 1.165) is 41.4 Å². The lowest BCUT2D eigenvalue weighted by Gasteiger charge is -2.51. The first-order valence-corrected chi connectivity index (χ1v) is 11.3. The van der Waals surface area contributed by atoms with Crippen molar-refractivity contribution in [3.63, 3.8) is 0 Å². The minimum atomic E-state index is 0.586. The molecular weight excluding hydrogens is 292 g/mol. The van der Waals surface area contributed by atoms with Crippen LogP contribution in [0.25, 0.3) is 0 Å². The van der Waals surface area contributed by atoms with Crippen molar-refractivity contribution in [2.45, 2.75) is 96.5 Å². The van der Waals surface area contributed by atoms with Gasteiger partial charge in [-0.15, -0.1) is 0 Å². The van der Waals surface area contributed by atoms with Crippen molar-refractivity contribution in [3.05, 3.63) is 0 Å². The summed E-state index contributed by atoms with van der Waals surface area (Å²) < 4.78 is 6.37. The SMILES string of the molecule is COC1C(C2CCCCC2)CC2CC(C)CC2[C@H]1C1CCCCC1. The Labute approximate surface area is 150 Å². The van der Waals surface area contributed by atoms with E-state index in [1.54, 1.807) is 0 Å². The van der Waals surface area contributed by atoms with Crippen LogP contribution in [-0.2, 0) is 4.74 Å². The van der Waals surface area contributed by atoms with Crippen molar-refractivity contribution in [2.75, 3.05) is 7.11 Å². The fourth-order valence-electron chi connectivity index (χ4n) is 7.69. The molecular formula is C23H40O. The third kappa shape index (κ3) is 3.31. The van der Waals surface area contributed by atoms with Crippen molar-refractivity contribution < 1.29 is 4.74 Å². The maximum Gasteiger partial charge on any atom is 0.0635 e. The summed E-state index contributed by atoms with van der Waals surface area (Å²) in [5, 5.41) is 0. The van der Waals surface area contributed by atoms with Crippen molar-refractivity contribution in [3.8, 4) is 0 Å². The summed E-state index contributed by atoms with van der Waals surface area (Å²) in [6, 6.07) is 0. The van der Waals surface area contributed by atoms with Crippen LogP contribution in [-0.4, -0.2) is 13.2 Å². The zero-order valence-electron chi connectivity index (χ0n) is 16.2. The first-order chi connectivity index (χ1) is 11.8. The molecule has 138 valence electrons. The van der Waals surface area contributed by atoms with E-state index in [0.29, 0.717) is 6.10 Å². The Bertz CT molecular complexity index is 393. The highest BCUT2D eigenvalue weighted by Gasteiger charge is 2.52. The molecule has 0 N–H and O–H groups in total. The van der Waals surface area contributed by atoms with Crippen LogP contribution >= 0.6 is 0 Å². The quantitative estimate of drug-likeness (QED) is 0.576. The maximum absolute atomic E-state index is 6.37. The summed E-state index contributed by atoms with van der Waals surface area (Å²) in [5.41, 5.74) is 0. The third-order valence-corrected chi connectivity index (χ3v) is 8.58. The Morgan fingerprint density at radius 3 is 1.88 bits per heavy atom. The molecule has 0 amide bonds. The van der Waals surface area contributed by atoms with E-state index in [1.165, 1.54) is 83.5 Å². The van der Waals surface area contributed by atoms with Gasteiger partial charge in [0.25, 0.3) is 0 Å². The summed E-state index contributed by atoms with van der Waals surface area (Å²) in [6.07, 6.45) is 20.0. The Morgan fingerprint density at radius 2 is 1.25 bits per heavy atom. The molecule has 0 heterocycles. The molecule has 5 unspecified atom stereocenters. The van der Waals surface area contributed by atoms with Crippen LogP contribution in [0, 0.1) is 41.4 Å². The summed E-state index contributed by atoms with van der Waals surface area (Å²) in [4.78, 5) is 0. The zero-order chi connectivity index (χ0) is 16.5. The van der Waals surface area contributed by atoms with Gasteiger partial charge in [0.05, 0.1) is 6.10 Å². The fraction of sp³-hybridized carbons (Fsp3) is 1.00. The number of hydrogen-bond donors (Lipinski definition) is 0. The van der Waals surface area contributed by atoms with E-state index >= 15 is 0 Å². The Balaban J connectivity index is 1.59. The van der Waals surface area contributed by atoms with Crippen LogP contribution in [0.5, 0.6) is 0 Å². The van der Waals surface area contributed by atoms with Crippen molar-refractivity contribution in [1.82, 2.24) is 0 Å². The van der Waals surface area contributed by atoms with Gasteiger partial charge < -0.3 is 4.74 Å². The van der Waals surface area contributed by atoms with Gasteiger partial charge >= 0.3 is 0 Å². The molecule has 0 aromatic heterocycles. The fourth-order valence-corrected chi connectivity index (χ4v) is 7.69. The molecule has 4 saturated carbocycles. The molecule has 4 aliphatic carbocycles. The molecule has 4 rings (SSSR count). The molecule has 1 nitrogen and oxygen atoms in total. The van der Waals surface area contributed by atoms with Crippen LogP contribution in [0.3, 0.4) is 0 Å². The summed E-state index contributed by atoms with van der Waals surface area (Å²) in [7, 11) is 2.05. The average Bonchev–Trinajstić information content (AvgIpc) is 3.01. The molecule has 6 atom stereocenters. The van der Waals surface area contributed by atoms with Gasteiger partial charge in [0.2, 0.25) is 0 Å². The number of methoxy groups -OCH3 is 1. The monoisotopic (exact) mass is 332 g/mol. The highest BCUT2D eigenvalue weighted by Crippen LogP contribution is 2.56. The highest BCUT2D eigenvalue weighted by molar-refractivity contribution is 5.01. The third-order valence-electron chi connectivity index (χ3n) is 8.58. The van der Waals surface area contributed by atoms with Crippen LogP contribution in [0.15, 0.2) is 0 Å². The van der Waals surface area contributed by atoms with Gasteiger partial charge in [0.15, 0.2) is 0 Å². The standard InChI is InChI=1S/C23H40O/c1-16-13-19-15-21(17-9-5-3-6-10-17)23(24-2)22(20(19)14-16)18-11-7-4-8-12-18/h16-23H,3-15H2,1-2H3/t16?,19?,20?,21?,22-,23?/m1/s1. The molecule has 0 aromatic carbocycles. The maximum atomic E-state index is 6.37. The number of fused-ring (bicyclic) bond motifs is 1. The molecule has 0 aliphatic heterocycles.